The van der Waals surface area contributed by atoms with Crippen molar-refractivity contribution in [3.63, 3.8) is 0 Å². The third-order valence-electron chi connectivity index (χ3n) is 6.24. The van der Waals surface area contributed by atoms with Gasteiger partial charge in [-0.2, -0.15) is 5.10 Å². The lowest BCUT2D eigenvalue weighted by Gasteiger charge is -2.19. The maximum atomic E-state index is 14.3. The number of fused-ring (bicyclic) bond motifs is 1. The Morgan fingerprint density at radius 3 is 2.65 bits per heavy atom. The molecule has 2 fully saturated rings. The van der Waals surface area contributed by atoms with Crippen LogP contribution in [0.5, 0.6) is 0 Å². The predicted octanol–water partition coefficient (Wildman–Crippen LogP) is 3.32. The van der Waals surface area contributed by atoms with Crippen LogP contribution in [0.15, 0.2) is 48.7 Å². The SMILES string of the molecule is CC1(C)CC1NC(=O)CN1CCN(c2cccc3c2cnn3-c2ccccc2F)C1=O. The zero-order chi connectivity index (χ0) is 21.8. The first-order valence-corrected chi connectivity index (χ1v) is 10.4. The van der Waals surface area contributed by atoms with Crippen molar-refractivity contribution in [3.8, 4) is 5.69 Å². The van der Waals surface area contributed by atoms with E-state index in [4.69, 9.17) is 0 Å². The number of halogens is 1. The number of hydrogen-bond donors (Lipinski definition) is 1. The molecule has 0 radical (unpaired) electrons. The summed E-state index contributed by atoms with van der Waals surface area (Å²) in [5.41, 5.74) is 1.91. The third-order valence-corrected chi connectivity index (χ3v) is 6.24. The quantitative estimate of drug-likeness (QED) is 0.687. The molecule has 0 spiro atoms. The van der Waals surface area contributed by atoms with Crippen LogP contribution in [-0.2, 0) is 4.79 Å². The van der Waals surface area contributed by atoms with E-state index in [1.807, 2.05) is 18.2 Å². The molecule has 1 N–H and O–H groups in total. The number of carbonyl (C=O) groups is 2. The Bertz CT molecular complexity index is 1190. The largest absolute Gasteiger partial charge is 0.351 e. The van der Waals surface area contributed by atoms with Crippen molar-refractivity contribution in [2.45, 2.75) is 26.3 Å². The van der Waals surface area contributed by atoms with Crippen molar-refractivity contribution in [1.29, 1.82) is 0 Å². The molecular weight excluding hydrogens is 397 g/mol. The Morgan fingerprint density at radius 1 is 1.16 bits per heavy atom. The van der Waals surface area contributed by atoms with Crippen molar-refractivity contribution < 1.29 is 14.0 Å². The van der Waals surface area contributed by atoms with E-state index in [2.05, 4.69) is 24.3 Å². The number of benzene rings is 2. The van der Waals surface area contributed by atoms with Crippen LogP contribution >= 0.6 is 0 Å². The van der Waals surface area contributed by atoms with E-state index in [0.717, 1.165) is 11.8 Å². The molecule has 1 unspecified atom stereocenters. The van der Waals surface area contributed by atoms with E-state index < -0.39 is 0 Å². The third kappa shape index (κ3) is 3.41. The molecule has 2 aliphatic rings. The number of para-hydroxylation sites is 1. The molecule has 8 heteroatoms. The van der Waals surface area contributed by atoms with E-state index in [1.54, 1.807) is 34.2 Å². The van der Waals surface area contributed by atoms with Gasteiger partial charge in [0.2, 0.25) is 5.91 Å². The number of carbonyl (C=O) groups excluding carboxylic acids is 2. The summed E-state index contributed by atoms with van der Waals surface area (Å²) in [7, 11) is 0. The summed E-state index contributed by atoms with van der Waals surface area (Å²) < 4.78 is 15.8. The molecule has 5 rings (SSSR count). The Balaban J connectivity index is 1.37. The molecule has 7 nitrogen and oxygen atoms in total. The first kappa shape index (κ1) is 19.5. The van der Waals surface area contributed by atoms with E-state index in [0.29, 0.717) is 30.0 Å². The Kier molecular flexibility index (Phi) is 4.46. The summed E-state index contributed by atoms with van der Waals surface area (Å²) in [5, 5.41) is 8.12. The van der Waals surface area contributed by atoms with Gasteiger partial charge in [-0.1, -0.05) is 32.0 Å². The van der Waals surface area contributed by atoms with Crippen LogP contribution in [0.1, 0.15) is 20.3 Å². The molecule has 1 atom stereocenters. The van der Waals surface area contributed by atoms with Gasteiger partial charge in [-0.3, -0.25) is 9.69 Å². The number of amides is 3. The average Bonchev–Trinajstić information content (AvgIpc) is 3.06. The summed E-state index contributed by atoms with van der Waals surface area (Å²) in [6, 6.07) is 11.9. The smallest absolute Gasteiger partial charge is 0.325 e. The van der Waals surface area contributed by atoms with Gasteiger partial charge in [0, 0.05) is 24.5 Å². The van der Waals surface area contributed by atoms with Crippen LogP contribution in [0.3, 0.4) is 0 Å². The fourth-order valence-electron chi connectivity index (χ4n) is 4.17. The van der Waals surface area contributed by atoms with Crippen LogP contribution in [-0.4, -0.2) is 52.3 Å². The van der Waals surface area contributed by atoms with Gasteiger partial charge in [-0.15, -0.1) is 0 Å². The molecule has 3 aromatic rings. The maximum absolute atomic E-state index is 14.3. The first-order chi connectivity index (χ1) is 14.8. The Morgan fingerprint density at radius 2 is 1.90 bits per heavy atom. The fraction of sp³-hybridized carbons (Fsp3) is 0.348. The molecule has 1 saturated carbocycles. The summed E-state index contributed by atoms with van der Waals surface area (Å²) in [6.45, 7) is 5.22. The minimum atomic E-state index is -0.369. The molecule has 1 aliphatic carbocycles. The molecule has 2 heterocycles. The van der Waals surface area contributed by atoms with Gasteiger partial charge in [0.25, 0.3) is 0 Å². The van der Waals surface area contributed by atoms with Gasteiger partial charge in [-0.25, -0.2) is 13.9 Å². The van der Waals surface area contributed by atoms with Gasteiger partial charge < -0.3 is 10.2 Å². The summed E-state index contributed by atoms with van der Waals surface area (Å²) in [5.74, 6) is -0.498. The lowest BCUT2D eigenvalue weighted by atomic mass is 10.2. The fourth-order valence-corrected chi connectivity index (χ4v) is 4.17. The minimum Gasteiger partial charge on any atom is -0.351 e. The Labute approximate surface area is 179 Å². The molecule has 31 heavy (non-hydrogen) atoms. The van der Waals surface area contributed by atoms with Crippen LogP contribution < -0.4 is 10.2 Å². The molecule has 160 valence electrons. The number of anilines is 1. The molecule has 1 aliphatic heterocycles. The van der Waals surface area contributed by atoms with Crippen LogP contribution in [0.25, 0.3) is 16.6 Å². The number of aromatic nitrogens is 2. The highest BCUT2D eigenvalue weighted by Crippen LogP contribution is 2.44. The maximum Gasteiger partial charge on any atom is 0.325 e. The summed E-state index contributed by atoms with van der Waals surface area (Å²) in [6.07, 6.45) is 2.61. The van der Waals surface area contributed by atoms with Gasteiger partial charge in [0.05, 0.1) is 17.4 Å². The Hall–Kier alpha value is -3.42. The molecule has 0 bridgehead atoms. The average molecular weight is 421 g/mol. The van der Waals surface area contributed by atoms with E-state index >= 15 is 0 Å². The number of nitrogens with one attached hydrogen (secondary N) is 1. The predicted molar refractivity (Wildman–Crippen MR) is 116 cm³/mol. The standard InChI is InChI=1S/C23H24FN5O2/c1-23(2)12-20(23)26-21(30)14-27-10-11-28(22(27)31)17-8-5-9-18-15(17)13-25-29(18)19-7-4-3-6-16(19)24/h3-9,13,20H,10-12,14H2,1-2H3,(H,26,30). The van der Waals surface area contributed by atoms with Crippen molar-refractivity contribution >= 4 is 28.5 Å². The highest BCUT2D eigenvalue weighted by Gasteiger charge is 2.46. The van der Waals surface area contributed by atoms with E-state index in [9.17, 15) is 14.0 Å². The van der Waals surface area contributed by atoms with Crippen molar-refractivity contribution in [2.75, 3.05) is 24.5 Å². The second-order valence-electron chi connectivity index (χ2n) is 8.89. The number of hydrogen-bond acceptors (Lipinski definition) is 3. The highest BCUT2D eigenvalue weighted by molar-refractivity contribution is 6.04. The first-order valence-electron chi connectivity index (χ1n) is 10.4. The number of urea groups is 1. The van der Waals surface area contributed by atoms with E-state index in [-0.39, 0.29) is 35.8 Å². The zero-order valence-corrected chi connectivity index (χ0v) is 17.5. The van der Waals surface area contributed by atoms with Crippen molar-refractivity contribution in [3.05, 3.63) is 54.5 Å². The minimum absolute atomic E-state index is 0.0480. The molecule has 1 aromatic heterocycles. The van der Waals surface area contributed by atoms with Crippen molar-refractivity contribution in [1.82, 2.24) is 20.0 Å². The van der Waals surface area contributed by atoms with Crippen LogP contribution in [0.4, 0.5) is 14.9 Å². The van der Waals surface area contributed by atoms with Crippen molar-refractivity contribution in [2.24, 2.45) is 5.41 Å². The highest BCUT2D eigenvalue weighted by atomic mass is 19.1. The second-order valence-corrected chi connectivity index (χ2v) is 8.89. The lowest BCUT2D eigenvalue weighted by Crippen LogP contribution is -2.41. The molecule has 1 saturated heterocycles. The lowest BCUT2D eigenvalue weighted by molar-refractivity contribution is -0.121. The normalized spacial score (nSPS) is 19.8. The second kappa shape index (κ2) is 7.08. The van der Waals surface area contributed by atoms with Crippen LogP contribution in [0.2, 0.25) is 0 Å². The molecular formula is C23H24FN5O2. The van der Waals surface area contributed by atoms with Crippen LogP contribution in [0, 0.1) is 11.2 Å². The molecule has 2 aromatic carbocycles. The molecule has 3 amide bonds. The van der Waals surface area contributed by atoms with E-state index in [1.165, 1.54) is 10.7 Å². The monoisotopic (exact) mass is 421 g/mol. The van der Waals surface area contributed by atoms with Gasteiger partial charge >= 0.3 is 6.03 Å². The number of nitrogens with zero attached hydrogens (tertiary/aromatic N) is 4. The summed E-state index contributed by atoms with van der Waals surface area (Å²) in [4.78, 5) is 28.6. The summed E-state index contributed by atoms with van der Waals surface area (Å²) >= 11 is 0. The van der Waals surface area contributed by atoms with Gasteiger partial charge in [0.1, 0.15) is 18.0 Å². The topological polar surface area (TPSA) is 70.5 Å². The van der Waals surface area contributed by atoms with Gasteiger partial charge in [-0.05, 0) is 36.1 Å². The van der Waals surface area contributed by atoms with Gasteiger partial charge in [0.15, 0.2) is 0 Å². The zero-order valence-electron chi connectivity index (χ0n) is 17.5. The number of rotatable bonds is 5.